The Hall–Kier alpha value is 0.210. The molecule has 58 valence electrons. The molecule has 0 aromatic heterocycles. The molecule has 0 aliphatic carbocycles. The minimum Gasteiger partial charge on any atom is -0.487 e. The second-order valence-electron chi connectivity index (χ2n) is 1.50. The molecule has 0 aromatic rings. The number of halogens is 2. The van der Waals surface area contributed by atoms with E-state index in [0.717, 1.165) is 0 Å². The van der Waals surface area contributed by atoms with Gasteiger partial charge in [-0.05, 0) is 25.2 Å². The Morgan fingerprint density at radius 2 is 2.20 bits per heavy atom. The molecule has 0 rings (SSSR count). The third-order valence-corrected chi connectivity index (χ3v) is 1.32. The lowest BCUT2D eigenvalue weighted by molar-refractivity contribution is 0.330. The molecule has 0 amide bonds. The van der Waals surface area contributed by atoms with Crippen molar-refractivity contribution in [3.8, 4) is 0 Å². The van der Waals surface area contributed by atoms with Crippen LogP contribution in [0.5, 0.6) is 0 Å². The topological polar surface area (TPSA) is 9.23 Å². The number of thiocarbonyl (C=S) groups is 1. The minimum absolute atomic E-state index is 0.224. The fourth-order valence-corrected chi connectivity index (χ4v) is 0.736. The average Bonchev–Trinajstić information content (AvgIpc) is 1.85. The van der Waals surface area contributed by atoms with Crippen LogP contribution in [0.1, 0.15) is 13.3 Å². The van der Waals surface area contributed by atoms with Gasteiger partial charge in [-0.15, -0.1) is 0 Å². The summed E-state index contributed by atoms with van der Waals surface area (Å²) in [6, 6.07) is 0. The molecule has 1 nitrogen and oxygen atoms in total. The predicted octanol–water partition coefficient (Wildman–Crippen LogP) is 3.06. The summed E-state index contributed by atoms with van der Waals surface area (Å²) < 4.78 is 5.19. The van der Waals surface area contributed by atoms with Crippen molar-refractivity contribution in [2.45, 2.75) is 13.3 Å². The van der Waals surface area contributed by atoms with Gasteiger partial charge in [0.2, 0.25) is 0 Å². The summed E-state index contributed by atoms with van der Waals surface area (Å²) in [6.45, 7) is 2.46. The first-order valence-electron chi connectivity index (χ1n) is 2.83. The van der Waals surface area contributed by atoms with Crippen LogP contribution >= 0.6 is 35.4 Å². The molecular formula is C6H8Cl2OS. The maximum atomic E-state index is 5.33. The van der Waals surface area contributed by atoms with E-state index in [-0.39, 0.29) is 4.49 Å². The average molecular weight is 199 g/mol. The van der Waals surface area contributed by atoms with Crippen molar-refractivity contribution >= 4 is 40.5 Å². The van der Waals surface area contributed by atoms with Gasteiger partial charge in [0.15, 0.2) is 5.05 Å². The van der Waals surface area contributed by atoms with E-state index < -0.39 is 0 Å². The van der Waals surface area contributed by atoms with Crippen LogP contribution in [0.3, 0.4) is 0 Å². The van der Waals surface area contributed by atoms with Crippen LogP contribution in [0.25, 0.3) is 0 Å². The molecule has 0 saturated heterocycles. The van der Waals surface area contributed by atoms with Crippen molar-refractivity contribution in [3.05, 3.63) is 10.6 Å². The summed E-state index contributed by atoms with van der Waals surface area (Å²) in [4.78, 5) is 0. The van der Waals surface area contributed by atoms with E-state index in [2.05, 4.69) is 0 Å². The fraction of sp³-hybridized carbons (Fsp3) is 0.500. The third-order valence-electron chi connectivity index (χ3n) is 0.728. The zero-order valence-electron chi connectivity index (χ0n) is 5.56. The number of hydrogen-bond donors (Lipinski definition) is 0. The smallest absolute Gasteiger partial charge is 0.163 e. The van der Waals surface area contributed by atoms with Gasteiger partial charge in [-0.1, -0.05) is 23.2 Å². The molecule has 0 aliphatic heterocycles. The molecular weight excluding hydrogens is 191 g/mol. The Morgan fingerprint density at radius 1 is 1.60 bits per heavy atom. The molecule has 0 aliphatic rings. The highest BCUT2D eigenvalue weighted by Crippen LogP contribution is 2.07. The molecule has 0 spiro atoms. The molecule has 0 unspecified atom stereocenters. The molecule has 0 fully saturated rings. The van der Waals surface area contributed by atoms with Gasteiger partial charge in [0.1, 0.15) is 4.49 Å². The standard InChI is InChI=1S/C6H8Cl2OS/c1-2-9-6(10)4-3-5(7)8/h3H,2,4H2,1H3. The van der Waals surface area contributed by atoms with E-state index in [1.54, 1.807) is 6.08 Å². The SMILES string of the molecule is CCOC(=S)CC=C(Cl)Cl. The molecule has 0 atom stereocenters. The molecule has 4 heteroatoms. The molecule has 0 bridgehead atoms. The van der Waals surface area contributed by atoms with E-state index in [9.17, 15) is 0 Å². The molecule has 0 saturated carbocycles. The van der Waals surface area contributed by atoms with Gasteiger partial charge in [-0.3, -0.25) is 0 Å². The van der Waals surface area contributed by atoms with Crippen LogP contribution < -0.4 is 0 Å². The Labute approximate surface area is 76.0 Å². The summed E-state index contributed by atoms with van der Waals surface area (Å²) in [7, 11) is 0. The van der Waals surface area contributed by atoms with Crippen molar-refractivity contribution in [2.24, 2.45) is 0 Å². The summed E-state index contributed by atoms with van der Waals surface area (Å²) in [5, 5.41) is 0.515. The lowest BCUT2D eigenvalue weighted by atomic mass is 10.4. The molecule has 0 N–H and O–H groups in total. The first-order valence-corrected chi connectivity index (χ1v) is 4.00. The van der Waals surface area contributed by atoms with Crippen molar-refractivity contribution < 1.29 is 4.74 Å². The minimum atomic E-state index is 0.224. The van der Waals surface area contributed by atoms with Crippen LogP contribution in [-0.4, -0.2) is 11.7 Å². The summed E-state index contributed by atoms with van der Waals surface area (Å²) >= 11 is 15.5. The van der Waals surface area contributed by atoms with Gasteiger partial charge in [0.25, 0.3) is 0 Å². The fourth-order valence-electron chi connectivity index (χ4n) is 0.380. The molecule has 0 aromatic carbocycles. The van der Waals surface area contributed by atoms with Gasteiger partial charge >= 0.3 is 0 Å². The summed E-state index contributed by atoms with van der Waals surface area (Å²) in [5.74, 6) is 0. The highest BCUT2D eigenvalue weighted by Gasteiger charge is 1.92. The molecule has 0 radical (unpaired) electrons. The van der Waals surface area contributed by atoms with E-state index in [4.69, 9.17) is 40.2 Å². The second-order valence-corrected chi connectivity index (χ2v) is 2.97. The Bertz CT molecular complexity index is 141. The monoisotopic (exact) mass is 198 g/mol. The Kier molecular flexibility index (Phi) is 6.08. The largest absolute Gasteiger partial charge is 0.487 e. The zero-order chi connectivity index (χ0) is 7.98. The Balaban J connectivity index is 3.49. The first-order chi connectivity index (χ1) is 4.66. The molecule has 0 heterocycles. The van der Waals surface area contributed by atoms with E-state index in [0.29, 0.717) is 18.1 Å². The van der Waals surface area contributed by atoms with Crippen molar-refractivity contribution in [3.63, 3.8) is 0 Å². The number of rotatable bonds is 3. The van der Waals surface area contributed by atoms with E-state index in [1.165, 1.54) is 0 Å². The van der Waals surface area contributed by atoms with Gasteiger partial charge in [-0.25, -0.2) is 0 Å². The van der Waals surface area contributed by atoms with Gasteiger partial charge in [-0.2, -0.15) is 0 Å². The van der Waals surface area contributed by atoms with Crippen molar-refractivity contribution in [1.29, 1.82) is 0 Å². The normalized spacial score (nSPS) is 8.70. The van der Waals surface area contributed by atoms with Crippen LogP contribution in [-0.2, 0) is 4.74 Å². The predicted molar refractivity (Wildman–Crippen MR) is 48.6 cm³/mol. The number of ether oxygens (including phenoxy) is 1. The summed E-state index contributed by atoms with van der Waals surface area (Å²) in [6.07, 6.45) is 2.10. The zero-order valence-corrected chi connectivity index (χ0v) is 7.89. The van der Waals surface area contributed by atoms with Crippen molar-refractivity contribution in [1.82, 2.24) is 0 Å². The van der Waals surface area contributed by atoms with Crippen LogP contribution in [0, 0.1) is 0 Å². The Morgan fingerprint density at radius 3 is 2.60 bits per heavy atom. The number of hydrogen-bond acceptors (Lipinski definition) is 2. The van der Waals surface area contributed by atoms with Crippen molar-refractivity contribution in [2.75, 3.05) is 6.61 Å². The van der Waals surface area contributed by atoms with Crippen LogP contribution in [0.2, 0.25) is 0 Å². The molecule has 10 heavy (non-hydrogen) atoms. The quantitative estimate of drug-likeness (QED) is 0.646. The van der Waals surface area contributed by atoms with Crippen LogP contribution in [0.15, 0.2) is 10.6 Å². The van der Waals surface area contributed by atoms with Gasteiger partial charge in [0, 0.05) is 6.42 Å². The van der Waals surface area contributed by atoms with E-state index >= 15 is 0 Å². The lowest BCUT2D eigenvalue weighted by Gasteiger charge is -1.99. The van der Waals surface area contributed by atoms with Gasteiger partial charge in [0.05, 0.1) is 6.61 Å². The second kappa shape index (κ2) is 5.96. The maximum absolute atomic E-state index is 5.33. The first kappa shape index (κ1) is 10.2. The van der Waals surface area contributed by atoms with Gasteiger partial charge < -0.3 is 4.74 Å². The third kappa shape index (κ3) is 6.33. The van der Waals surface area contributed by atoms with Crippen LogP contribution in [0.4, 0.5) is 0 Å². The summed E-state index contributed by atoms with van der Waals surface area (Å²) in [5.41, 5.74) is 0. The van der Waals surface area contributed by atoms with E-state index in [1.807, 2.05) is 6.92 Å². The highest BCUT2D eigenvalue weighted by atomic mass is 35.5. The maximum Gasteiger partial charge on any atom is 0.163 e. The lowest BCUT2D eigenvalue weighted by Crippen LogP contribution is -1.98. The highest BCUT2D eigenvalue weighted by molar-refractivity contribution is 7.80.